The van der Waals surface area contributed by atoms with Crippen LogP contribution >= 0.6 is 34.7 Å². The minimum atomic E-state index is -0.696. The van der Waals surface area contributed by atoms with Gasteiger partial charge >= 0.3 is 0 Å². The number of amides is 1. The number of aryl methyl sites for hydroxylation is 1. The van der Waals surface area contributed by atoms with Crippen LogP contribution in [-0.4, -0.2) is 38.9 Å². The molecule has 1 aliphatic heterocycles. The van der Waals surface area contributed by atoms with Crippen molar-refractivity contribution in [3.8, 4) is 0 Å². The number of thiazole rings is 1. The summed E-state index contributed by atoms with van der Waals surface area (Å²) in [5, 5.41) is 19.1. The van der Waals surface area contributed by atoms with Crippen LogP contribution < -0.4 is 16.1 Å². The molecule has 1 aliphatic rings. The van der Waals surface area contributed by atoms with Crippen LogP contribution in [0.3, 0.4) is 0 Å². The Morgan fingerprint density at radius 3 is 2.81 bits per heavy atom. The van der Waals surface area contributed by atoms with Gasteiger partial charge in [0.05, 0.1) is 15.2 Å². The van der Waals surface area contributed by atoms with Gasteiger partial charge in [-0.1, -0.05) is 35.9 Å². The average molecular weight is 541 g/mol. The maximum atomic E-state index is 13.1. The average Bonchev–Trinajstić information content (AvgIpc) is 3.51. The van der Waals surface area contributed by atoms with E-state index in [2.05, 4.69) is 15.6 Å². The summed E-state index contributed by atoms with van der Waals surface area (Å²) >= 11 is 9.03. The molecule has 0 saturated heterocycles. The summed E-state index contributed by atoms with van der Waals surface area (Å²) in [5.74, 6) is -0.390. The number of benzene rings is 2. The molecule has 2 unspecified atom stereocenters. The Kier molecular flexibility index (Phi) is 7.45. The number of fused-ring (bicyclic) bond motifs is 2. The van der Waals surface area contributed by atoms with Crippen LogP contribution in [0.5, 0.6) is 0 Å². The highest BCUT2D eigenvalue weighted by Crippen LogP contribution is 2.35. The molecule has 1 amide bonds. The van der Waals surface area contributed by atoms with Crippen LogP contribution in [0.4, 0.5) is 0 Å². The van der Waals surface area contributed by atoms with Crippen LogP contribution in [-0.2, 0) is 20.0 Å². The first-order valence-electron chi connectivity index (χ1n) is 11.5. The molecule has 0 radical (unpaired) electrons. The van der Waals surface area contributed by atoms with E-state index >= 15 is 0 Å². The Bertz CT molecular complexity index is 1440. The number of hydrogen-bond acceptors (Lipinski definition) is 7. The van der Waals surface area contributed by atoms with Crippen LogP contribution in [0.25, 0.3) is 10.2 Å². The van der Waals surface area contributed by atoms with Crippen molar-refractivity contribution in [3.63, 3.8) is 0 Å². The van der Waals surface area contributed by atoms with Crippen molar-refractivity contribution in [1.82, 2.24) is 20.2 Å². The van der Waals surface area contributed by atoms with Gasteiger partial charge < -0.3 is 20.3 Å². The number of hydrogen-bond donors (Lipinski definition) is 3. The quantitative estimate of drug-likeness (QED) is 0.313. The molecule has 0 fully saturated rings. The van der Waals surface area contributed by atoms with E-state index in [0.29, 0.717) is 41.6 Å². The van der Waals surface area contributed by atoms with Crippen molar-refractivity contribution in [2.24, 2.45) is 7.05 Å². The number of nitrogens with zero attached hydrogens (tertiary/aromatic N) is 2. The Labute approximate surface area is 221 Å². The van der Waals surface area contributed by atoms with Crippen LogP contribution in [0, 0.1) is 0 Å². The molecule has 3 N–H and O–H groups in total. The summed E-state index contributed by atoms with van der Waals surface area (Å²) in [6.07, 6.45) is 1.48. The van der Waals surface area contributed by atoms with Crippen LogP contribution in [0.2, 0.25) is 5.02 Å². The number of halogens is 1. The number of thioether (sulfide) groups is 1. The Hall–Kier alpha value is -2.69. The third kappa shape index (κ3) is 5.35. The van der Waals surface area contributed by atoms with E-state index in [4.69, 9.17) is 11.6 Å². The predicted octanol–water partition coefficient (Wildman–Crippen LogP) is 3.92. The molecule has 2 atom stereocenters. The summed E-state index contributed by atoms with van der Waals surface area (Å²) in [6, 6.07) is 15.0. The van der Waals surface area contributed by atoms with Gasteiger partial charge in [-0.3, -0.25) is 9.59 Å². The van der Waals surface area contributed by atoms with E-state index in [0.717, 1.165) is 20.8 Å². The maximum absolute atomic E-state index is 13.1. The highest BCUT2D eigenvalue weighted by Gasteiger charge is 2.29. The second-order valence-electron chi connectivity index (χ2n) is 8.71. The van der Waals surface area contributed by atoms with Crippen molar-refractivity contribution < 1.29 is 9.90 Å². The van der Waals surface area contributed by atoms with E-state index < -0.39 is 6.10 Å². The predicted molar refractivity (Wildman–Crippen MR) is 145 cm³/mol. The minimum absolute atomic E-state index is 0.133. The first-order valence-corrected chi connectivity index (χ1v) is 13.6. The number of rotatable bonds is 8. The lowest BCUT2D eigenvalue weighted by Gasteiger charge is -2.13. The molecule has 0 saturated carbocycles. The number of carbonyl (C=O) groups excluding carboxylic acids is 1. The molecule has 2 aromatic heterocycles. The van der Waals surface area contributed by atoms with Gasteiger partial charge in [0.1, 0.15) is 16.7 Å². The van der Waals surface area contributed by atoms with Gasteiger partial charge in [-0.05, 0) is 36.2 Å². The highest BCUT2D eigenvalue weighted by molar-refractivity contribution is 8.00. The normalized spacial score (nSPS) is 15.7. The molecule has 5 rings (SSSR count). The van der Waals surface area contributed by atoms with Gasteiger partial charge in [0, 0.05) is 48.7 Å². The molecular formula is C26H25ClN4O3S2. The van der Waals surface area contributed by atoms with Gasteiger partial charge in [0.2, 0.25) is 0 Å². The number of para-hydroxylation sites is 1. The second kappa shape index (κ2) is 10.7. The van der Waals surface area contributed by atoms with Gasteiger partial charge in [-0.15, -0.1) is 23.1 Å². The molecule has 36 heavy (non-hydrogen) atoms. The number of pyridine rings is 1. The molecule has 3 heterocycles. The van der Waals surface area contributed by atoms with Gasteiger partial charge in [0.15, 0.2) is 5.43 Å². The summed E-state index contributed by atoms with van der Waals surface area (Å²) in [5.41, 5.74) is 2.38. The summed E-state index contributed by atoms with van der Waals surface area (Å²) in [6.45, 7) is 1.31. The fourth-order valence-electron chi connectivity index (χ4n) is 4.20. The fourth-order valence-corrected chi connectivity index (χ4v) is 6.58. The van der Waals surface area contributed by atoms with E-state index in [1.54, 1.807) is 30.1 Å². The molecular weight excluding hydrogens is 516 g/mol. The monoisotopic (exact) mass is 540 g/mol. The van der Waals surface area contributed by atoms with Crippen LogP contribution in [0.1, 0.15) is 32.6 Å². The van der Waals surface area contributed by atoms with Crippen molar-refractivity contribution in [3.05, 3.63) is 91.7 Å². The Balaban J connectivity index is 1.19. The molecule has 10 heteroatoms. The SMILES string of the molecule is Cn1cc(C(=O)NCc2ccc(Cl)cc2)c(=O)c2c1SC(CNCC(O)c1nc3ccccc3s1)C2. The minimum Gasteiger partial charge on any atom is -0.385 e. The number of aromatic nitrogens is 2. The van der Waals surface area contributed by atoms with E-state index in [9.17, 15) is 14.7 Å². The van der Waals surface area contributed by atoms with Crippen molar-refractivity contribution in [2.45, 2.75) is 29.3 Å². The Morgan fingerprint density at radius 2 is 2.03 bits per heavy atom. The molecule has 4 aromatic rings. The lowest BCUT2D eigenvalue weighted by atomic mass is 10.1. The number of nitrogens with one attached hydrogen (secondary N) is 2. The van der Waals surface area contributed by atoms with Crippen LogP contribution in [0.15, 0.2) is 64.5 Å². The lowest BCUT2D eigenvalue weighted by Crippen LogP contribution is -2.31. The van der Waals surface area contributed by atoms with Crippen molar-refractivity contribution in [2.75, 3.05) is 13.1 Å². The van der Waals surface area contributed by atoms with Gasteiger partial charge in [-0.25, -0.2) is 4.98 Å². The second-order valence-corrected chi connectivity index (χ2v) is 11.5. The topological polar surface area (TPSA) is 96.2 Å². The zero-order chi connectivity index (χ0) is 25.2. The molecule has 186 valence electrons. The van der Waals surface area contributed by atoms with Gasteiger partial charge in [0.25, 0.3) is 5.91 Å². The zero-order valence-electron chi connectivity index (χ0n) is 19.5. The summed E-state index contributed by atoms with van der Waals surface area (Å²) in [7, 11) is 1.86. The molecule has 2 aromatic carbocycles. The van der Waals surface area contributed by atoms with E-state index in [-0.39, 0.29) is 22.1 Å². The molecule has 7 nitrogen and oxygen atoms in total. The van der Waals surface area contributed by atoms with Crippen molar-refractivity contribution >= 4 is 50.8 Å². The summed E-state index contributed by atoms with van der Waals surface area (Å²) < 4.78 is 2.91. The van der Waals surface area contributed by atoms with E-state index in [1.807, 2.05) is 48.0 Å². The van der Waals surface area contributed by atoms with E-state index in [1.165, 1.54) is 11.3 Å². The standard InChI is InChI=1S/C26H25ClN4O3S2/c1-31-14-19(24(34)29-11-15-6-8-16(27)9-7-15)23(33)18-10-17(35-26(18)31)12-28-13-21(32)25-30-20-4-2-3-5-22(20)36-25/h2-9,14,17,21,28,32H,10-13H2,1H3,(H,29,34). The maximum Gasteiger partial charge on any atom is 0.257 e. The summed E-state index contributed by atoms with van der Waals surface area (Å²) in [4.78, 5) is 30.4. The Morgan fingerprint density at radius 1 is 1.25 bits per heavy atom. The molecule has 0 spiro atoms. The number of aliphatic hydroxyl groups is 1. The van der Waals surface area contributed by atoms with Gasteiger partial charge in [-0.2, -0.15) is 0 Å². The molecule has 0 aliphatic carbocycles. The highest BCUT2D eigenvalue weighted by atomic mass is 35.5. The lowest BCUT2D eigenvalue weighted by molar-refractivity contribution is 0.0948. The first-order chi connectivity index (χ1) is 17.4. The third-order valence-corrected chi connectivity index (χ3v) is 8.86. The first kappa shape index (κ1) is 25.0. The third-order valence-electron chi connectivity index (χ3n) is 6.05. The fraction of sp³-hybridized carbons (Fsp3) is 0.269. The number of aliphatic hydroxyl groups excluding tert-OH is 1. The zero-order valence-corrected chi connectivity index (χ0v) is 21.9. The smallest absolute Gasteiger partial charge is 0.257 e. The largest absolute Gasteiger partial charge is 0.385 e. The number of carbonyl (C=O) groups is 1. The molecule has 0 bridgehead atoms. The van der Waals surface area contributed by atoms with Crippen molar-refractivity contribution in [1.29, 1.82) is 0 Å².